The molecule has 104 valence electrons. The molecule has 1 aromatic rings. The highest BCUT2D eigenvalue weighted by Crippen LogP contribution is 2.21. The van der Waals surface area contributed by atoms with Gasteiger partial charge >= 0.3 is 5.97 Å². The molecule has 0 heterocycles. The first-order valence-electron chi connectivity index (χ1n) is 5.70. The fourth-order valence-electron chi connectivity index (χ4n) is 1.52. The van der Waals surface area contributed by atoms with E-state index < -0.39 is 17.9 Å². The highest BCUT2D eigenvalue weighted by Gasteiger charge is 2.26. The van der Waals surface area contributed by atoms with Crippen molar-refractivity contribution in [3.05, 3.63) is 33.3 Å². The highest BCUT2D eigenvalue weighted by molar-refractivity contribution is 9.10. The average Bonchev–Trinajstić information content (AvgIpc) is 2.37. The van der Waals surface area contributed by atoms with Crippen molar-refractivity contribution >= 4 is 39.4 Å². The fraction of sp³-hybridized carbons (Fsp3) is 0.385. The Bertz CT molecular complexity index is 491. The Kier molecular flexibility index (Phi) is 5.82. The van der Waals surface area contributed by atoms with Crippen LogP contribution in [0.25, 0.3) is 0 Å². The maximum absolute atomic E-state index is 12.1. The molecule has 0 unspecified atom stereocenters. The standard InChI is InChI=1S/C13H15BrClNO3/c1-7(2)11(13(18)19-3)16-12(17)9-6-8(14)4-5-10(9)15/h4-7,11H,1-3H3,(H,16,17)/t11-/m1/s1. The largest absolute Gasteiger partial charge is 0.467 e. The number of amides is 1. The minimum atomic E-state index is -0.701. The lowest BCUT2D eigenvalue weighted by atomic mass is 10.0. The maximum Gasteiger partial charge on any atom is 0.328 e. The Labute approximate surface area is 125 Å². The van der Waals surface area contributed by atoms with E-state index >= 15 is 0 Å². The van der Waals surface area contributed by atoms with Crippen LogP contribution in [-0.4, -0.2) is 25.0 Å². The topological polar surface area (TPSA) is 55.4 Å². The zero-order valence-electron chi connectivity index (χ0n) is 10.9. The number of benzene rings is 1. The molecule has 0 spiro atoms. The highest BCUT2D eigenvalue weighted by atomic mass is 79.9. The molecular weight excluding hydrogens is 334 g/mol. The number of rotatable bonds is 4. The van der Waals surface area contributed by atoms with Gasteiger partial charge in [-0.3, -0.25) is 4.79 Å². The van der Waals surface area contributed by atoms with Gasteiger partial charge in [0.25, 0.3) is 5.91 Å². The Morgan fingerprint density at radius 1 is 1.37 bits per heavy atom. The normalized spacial score (nSPS) is 12.1. The van der Waals surface area contributed by atoms with Gasteiger partial charge in [0.05, 0.1) is 17.7 Å². The second kappa shape index (κ2) is 6.91. The van der Waals surface area contributed by atoms with Gasteiger partial charge in [-0.2, -0.15) is 0 Å². The van der Waals surface area contributed by atoms with Crippen LogP contribution in [0.1, 0.15) is 24.2 Å². The molecule has 1 amide bonds. The van der Waals surface area contributed by atoms with Crippen LogP contribution in [0.2, 0.25) is 5.02 Å². The van der Waals surface area contributed by atoms with Crippen LogP contribution in [0, 0.1) is 5.92 Å². The van der Waals surface area contributed by atoms with Gasteiger partial charge in [-0.1, -0.05) is 41.4 Å². The number of methoxy groups -OCH3 is 1. The third kappa shape index (κ3) is 4.21. The van der Waals surface area contributed by atoms with E-state index in [4.69, 9.17) is 11.6 Å². The lowest BCUT2D eigenvalue weighted by Gasteiger charge is -2.20. The predicted molar refractivity (Wildman–Crippen MR) is 77.3 cm³/mol. The number of hydrogen-bond donors (Lipinski definition) is 1. The van der Waals surface area contributed by atoms with Crippen molar-refractivity contribution in [2.45, 2.75) is 19.9 Å². The number of esters is 1. The minimum Gasteiger partial charge on any atom is -0.467 e. The van der Waals surface area contributed by atoms with Crippen molar-refractivity contribution in [2.75, 3.05) is 7.11 Å². The number of nitrogens with one attached hydrogen (secondary N) is 1. The van der Waals surface area contributed by atoms with Crippen molar-refractivity contribution < 1.29 is 14.3 Å². The van der Waals surface area contributed by atoms with Crippen molar-refractivity contribution in [1.29, 1.82) is 0 Å². The molecule has 1 N–H and O–H groups in total. The summed E-state index contributed by atoms with van der Waals surface area (Å²) in [5.74, 6) is -0.966. The van der Waals surface area contributed by atoms with Gasteiger partial charge in [0.2, 0.25) is 0 Å². The molecule has 0 aromatic heterocycles. The first-order valence-corrected chi connectivity index (χ1v) is 6.87. The van der Waals surface area contributed by atoms with E-state index in [2.05, 4.69) is 26.0 Å². The monoisotopic (exact) mass is 347 g/mol. The molecular formula is C13H15BrClNO3. The van der Waals surface area contributed by atoms with Crippen molar-refractivity contribution in [3.8, 4) is 0 Å². The summed E-state index contributed by atoms with van der Waals surface area (Å²) < 4.78 is 5.41. The summed E-state index contributed by atoms with van der Waals surface area (Å²) in [7, 11) is 1.29. The van der Waals surface area contributed by atoms with E-state index in [0.29, 0.717) is 10.6 Å². The molecule has 0 radical (unpaired) electrons. The van der Waals surface area contributed by atoms with Gasteiger partial charge in [-0.25, -0.2) is 4.79 Å². The van der Waals surface area contributed by atoms with Crippen LogP contribution in [0.15, 0.2) is 22.7 Å². The third-order valence-electron chi connectivity index (χ3n) is 2.58. The zero-order chi connectivity index (χ0) is 14.6. The van der Waals surface area contributed by atoms with E-state index in [1.54, 1.807) is 18.2 Å². The Morgan fingerprint density at radius 2 is 2.00 bits per heavy atom. The molecule has 0 aliphatic carbocycles. The lowest BCUT2D eigenvalue weighted by molar-refractivity contribution is -0.144. The van der Waals surface area contributed by atoms with Gasteiger partial charge < -0.3 is 10.1 Å². The summed E-state index contributed by atoms with van der Waals surface area (Å²) in [5, 5.41) is 2.96. The predicted octanol–water partition coefficient (Wildman–Crippen LogP) is 3.03. The number of halogens is 2. The molecule has 4 nitrogen and oxygen atoms in total. The SMILES string of the molecule is COC(=O)[C@H](NC(=O)c1cc(Br)ccc1Cl)C(C)C. The number of hydrogen-bond acceptors (Lipinski definition) is 3. The molecule has 0 fully saturated rings. The van der Waals surface area contributed by atoms with E-state index in [9.17, 15) is 9.59 Å². The van der Waals surface area contributed by atoms with Crippen LogP contribution in [-0.2, 0) is 9.53 Å². The van der Waals surface area contributed by atoms with Gasteiger partial charge in [0, 0.05) is 4.47 Å². The third-order valence-corrected chi connectivity index (χ3v) is 3.40. The molecule has 0 saturated heterocycles. The van der Waals surface area contributed by atoms with Crippen LogP contribution in [0.3, 0.4) is 0 Å². The summed E-state index contributed by atoms with van der Waals surface area (Å²) >= 11 is 9.24. The summed E-state index contributed by atoms with van der Waals surface area (Å²) in [4.78, 5) is 23.7. The van der Waals surface area contributed by atoms with E-state index in [1.807, 2.05) is 13.8 Å². The molecule has 1 atom stereocenters. The van der Waals surface area contributed by atoms with Crippen LogP contribution >= 0.6 is 27.5 Å². The number of ether oxygens (including phenoxy) is 1. The summed E-state index contributed by atoms with van der Waals surface area (Å²) in [6, 6.07) is 4.25. The molecule has 0 aliphatic rings. The van der Waals surface area contributed by atoms with Crippen LogP contribution < -0.4 is 5.32 Å². The molecule has 0 saturated carbocycles. The van der Waals surface area contributed by atoms with Crippen molar-refractivity contribution in [3.63, 3.8) is 0 Å². The van der Waals surface area contributed by atoms with E-state index in [0.717, 1.165) is 4.47 Å². The molecule has 19 heavy (non-hydrogen) atoms. The van der Waals surface area contributed by atoms with E-state index in [-0.39, 0.29) is 5.92 Å². The molecule has 1 rings (SSSR count). The van der Waals surface area contributed by atoms with Crippen LogP contribution in [0.5, 0.6) is 0 Å². The minimum absolute atomic E-state index is 0.0812. The quantitative estimate of drug-likeness (QED) is 0.851. The summed E-state index contributed by atoms with van der Waals surface area (Å²) in [6.07, 6.45) is 0. The average molecular weight is 349 g/mol. The molecule has 1 aromatic carbocycles. The Balaban J connectivity index is 2.94. The Hall–Kier alpha value is -1.07. The summed E-state index contributed by atoms with van der Waals surface area (Å²) in [6.45, 7) is 3.65. The zero-order valence-corrected chi connectivity index (χ0v) is 13.2. The smallest absolute Gasteiger partial charge is 0.328 e. The van der Waals surface area contributed by atoms with Crippen molar-refractivity contribution in [1.82, 2.24) is 5.32 Å². The Morgan fingerprint density at radius 3 is 2.53 bits per heavy atom. The van der Waals surface area contributed by atoms with Gasteiger partial charge in [0.15, 0.2) is 0 Å². The fourth-order valence-corrected chi connectivity index (χ4v) is 2.08. The first kappa shape index (κ1) is 16.0. The number of carbonyl (C=O) groups is 2. The molecule has 6 heteroatoms. The molecule has 0 aliphatic heterocycles. The number of carbonyl (C=O) groups excluding carboxylic acids is 2. The first-order chi connectivity index (χ1) is 8.86. The van der Waals surface area contributed by atoms with Crippen LogP contribution in [0.4, 0.5) is 0 Å². The second-order valence-electron chi connectivity index (χ2n) is 4.34. The lowest BCUT2D eigenvalue weighted by Crippen LogP contribution is -2.45. The summed E-state index contributed by atoms with van der Waals surface area (Å²) in [5.41, 5.74) is 0.311. The van der Waals surface area contributed by atoms with E-state index in [1.165, 1.54) is 7.11 Å². The maximum atomic E-state index is 12.1. The molecule has 0 bridgehead atoms. The van der Waals surface area contributed by atoms with Gasteiger partial charge in [-0.15, -0.1) is 0 Å². The van der Waals surface area contributed by atoms with Gasteiger partial charge in [0.1, 0.15) is 6.04 Å². The second-order valence-corrected chi connectivity index (χ2v) is 5.67. The van der Waals surface area contributed by atoms with Crippen molar-refractivity contribution in [2.24, 2.45) is 5.92 Å². The van der Waals surface area contributed by atoms with Gasteiger partial charge in [-0.05, 0) is 24.1 Å².